The van der Waals surface area contributed by atoms with E-state index in [0.717, 1.165) is 0 Å². The first kappa shape index (κ1) is 9.62. The Morgan fingerprint density at radius 3 is 1.67 bits per heavy atom. The Labute approximate surface area is 74.6 Å². The van der Waals surface area contributed by atoms with Gasteiger partial charge >= 0.3 is 5.97 Å². The van der Waals surface area contributed by atoms with E-state index in [1.54, 1.807) is 0 Å². The fourth-order valence-electron chi connectivity index (χ4n) is 2.35. The average molecular weight is 167 g/mol. The standard InChI is InChI=1S/C9H16BO2/c1-7(2,3)9(6(11)12)8(4,5)10-9/h1-5H3,(H,11,12). The lowest BCUT2D eigenvalue weighted by molar-refractivity contribution is -0.142. The van der Waals surface area contributed by atoms with Gasteiger partial charge in [0.1, 0.15) is 7.28 Å². The molecule has 0 aliphatic carbocycles. The van der Waals surface area contributed by atoms with Crippen LogP contribution in [0.2, 0.25) is 10.6 Å². The molecule has 0 amide bonds. The highest BCUT2D eigenvalue weighted by molar-refractivity contribution is 6.66. The molecule has 1 aliphatic heterocycles. The molecule has 1 rings (SSSR count). The van der Waals surface area contributed by atoms with E-state index in [-0.39, 0.29) is 10.7 Å². The van der Waals surface area contributed by atoms with Gasteiger partial charge in [0, 0.05) is 5.31 Å². The van der Waals surface area contributed by atoms with Gasteiger partial charge in [0.2, 0.25) is 0 Å². The van der Waals surface area contributed by atoms with Crippen LogP contribution in [0.5, 0.6) is 0 Å². The molecule has 1 aliphatic rings. The third-order valence-corrected chi connectivity index (χ3v) is 3.03. The van der Waals surface area contributed by atoms with E-state index < -0.39 is 11.3 Å². The molecule has 1 fully saturated rings. The van der Waals surface area contributed by atoms with Crippen molar-refractivity contribution in [2.75, 3.05) is 0 Å². The van der Waals surface area contributed by atoms with Gasteiger partial charge in [0.25, 0.3) is 0 Å². The van der Waals surface area contributed by atoms with Gasteiger partial charge in [-0.15, -0.1) is 0 Å². The molecule has 0 aromatic heterocycles. The van der Waals surface area contributed by atoms with E-state index in [1.165, 1.54) is 0 Å². The molecule has 0 bridgehead atoms. The second-order valence-corrected chi connectivity index (χ2v) is 5.23. The number of hydrogen-bond donors (Lipinski definition) is 1. The Morgan fingerprint density at radius 1 is 1.33 bits per heavy atom. The summed E-state index contributed by atoms with van der Waals surface area (Å²) in [5.74, 6) is -0.694. The summed E-state index contributed by atoms with van der Waals surface area (Å²) in [5, 5.41) is 8.36. The normalized spacial score (nSPS) is 32.4. The lowest BCUT2D eigenvalue weighted by atomic mass is 9.68. The molecule has 2 nitrogen and oxygen atoms in total. The molecular formula is C9H16BO2. The van der Waals surface area contributed by atoms with E-state index in [1.807, 2.05) is 41.9 Å². The predicted molar refractivity (Wildman–Crippen MR) is 49.6 cm³/mol. The van der Waals surface area contributed by atoms with Gasteiger partial charge in [-0.05, 0) is 5.41 Å². The lowest BCUT2D eigenvalue weighted by Crippen LogP contribution is -2.27. The highest BCUT2D eigenvalue weighted by atomic mass is 16.4. The molecule has 1 radical (unpaired) electrons. The number of carboxylic acid groups (broad SMARTS) is 1. The van der Waals surface area contributed by atoms with Crippen LogP contribution in [-0.4, -0.2) is 18.4 Å². The Balaban J connectivity index is 3.03. The van der Waals surface area contributed by atoms with Crippen LogP contribution in [0.25, 0.3) is 0 Å². The summed E-state index contributed by atoms with van der Waals surface area (Å²) in [6.07, 6.45) is 0. The molecule has 1 saturated heterocycles. The van der Waals surface area contributed by atoms with Gasteiger partial charge in [-0.25, -0.2) is 0 Å². The van der Waals surface area contributed by atoms with Crippen LogP contribution in [0.4, 0.5) is 0 Å². The highest BCUT2D eigenvalue weighted by Crippen LogP contribution is 2.76. The first-order valence-corrected chi connectivity index (χ1v) is 4.26. The predicted octanol–water partition coefficient (Wildman–Crippen LogP) is 2.19. The minimum absolute atomic E-state index is 0.156. The second kappa shape index (κ2) is 2.07. The molecule has 1 heterocycles. The van der Waals surface area contributed by atoms with Gasteiger partial charge in [0.05, 0.1) is 0 Å². The summed E-state index contributed by atoms with van der Waals surface area (Å²) in [4.78, 5) is 11.1. The van der Waals surface area contributed by atoms with Crippen molar-refractivity contribution in [3.05, 3.63) is 0 Å². The topological polar surface area (TPSA) is 37.3 Å². The molecule has 0 aromatic rings. The van der Waals surface area contributed by atoms with Gasteiger partial charge in [-0.2, -0.15) is 0 Å². The molecule has 0 saturated carbocycles. The summed E-state index contributed by atoms with van der Waals surface area (Å²) in [5.41, 5.74) is -0.192. The maximum atomic E-state index is 11.1. The molecule has 67 valence electrons. The van der Waals surface area contributed by atoms with Crippen molar-refractivity contribution in [3.63, 3.8) is 0 Å². The van der Waals surface area contributed by atoms with Crippen LogP contribution >= 0.6 is 0 Å². The Hall–Kier alpha value is -0.465. The van der Waals surface area contributed by atoms with Gasteiger partial charge < -0.3 is 5.11 Å². The van der Waals surface area contributed by atoms with Crippen molar-refractivity contribution in [3.8, 4) is 0 Å². The zero-order chi connectivity index (χ0) is 9.78. The minimum atomic E-state index is -0.694. The summed E-state index contributed by atoms with van der Waals surface area (Å²) < 4.78 is 0. The van der Waals surface area contributed by atoms with Gasteiger partial charge in [0.15, 0.2) is 0 Å². The molecule has 0 spiro atoms. The largest absolute Gasteiger partial charge is 0.481 e. The Morgan fingerprint density at radius 2 is 1.67 bits per heavy atom. The van der Waals surface area contributed by atoms with Crippen LogP contribution in [-0.2, 0) is 4.79 Å². The van der Waals surface area contributed by atoms with Crippen LogP contribution in [0.1, 0.15) is 34.6 Å². The Kier molecular flexibility index (Phi) is 1.66. The van der Waals surface area contributed by atoms with Crippen molar-refractivity contribution in [1.82, 2.24) is 0 Å². The molecule has 1 unspecified atom stereocenters. The molecule has 0 aromatic carbocycles. The van der Waals surface area contributed by atoms with Crippen LogP contribution in [0.3, 0.4) is 0 Å². The molecular weight excluding hydrogens is 151 g/mol. The number of carbonyl (C=O) groups is 1. The molecule has 1 N–H and O–H groups in total. The number of rotatable bonds is 1. The average Bonchev–Trinajstić information content (AvgIpc) is 2.33. The van der Waals surface area contributed by atoms with Crippen molar-refractivity contribution in [1.29, 1.82) is 0 Å². The molecule has 1 atom stereocenters. The second-order valence-electron chi connectivity index (χ2n) is 5.23. The number of aliphatic carboxylic acids is 1. The van der Waals surface area contributed by atoms with E-state index in [4.69, 9.17) is 5.11 Å². The quantitative estimate of drug-likeness (QED) is 0.607. The van der Waals surface area contributed by atoms with Crippen molar-refractivity contribution < 1.29 is 9.90 Å². The SMILES string of the molecule is CC(C)(C)C1(C(=O)O)[B]C1(C)C. The van der Waals surface area contributed by atoms with Crippen LogP contribution in [0, 0.1) is 5.41 Å². The van der Waals surface area contributed by atoms with E-state index >= 15 is 0 Å². The van der Waals surface area contributed by atoms with E-state index in [9.17, 15) is 4.79 Å². The fourth-order valence-corrected chi connectivity index (χ4v) is 2.35. The van der Waals surface area contributed by atoms with E-state index in [2.05, 4.69) is 0 Å². The van der Waals surface area contributed by atoms with Gasteiger partial charge in [-0.1, -0.05) is 39.9 Å². The smallest absolute Gasteiger partial charge is 0.301 e. The molecule has 3 heteroatoms. The zero-order valence-corrected chi connectivity index (χ0v) is 8.43. The summed E-state index contributed by atoms with van der Waals surface area (Å²) >= 11 is 0. The number of hydrogen-bond acceptors (Lipinski definition) is 1. The maximum Gasteiger partial charge on any atom is 0.301 e. The zero-order valence-electron chi connectivity index (χ0n) is 8.43. The van der Waals surface area contributed by atoms with Crippen LogP contribution < -0.4 is 0 Å². The monoisotopic (exact) mass is 167 g/mol. The number of carboxylic acids is 1. The first-order valence-electron chi connectivity index (χ1n) is 4.26. The summed E-state index contributed by atoms with van der Waals surface area (Å²) in [7, 11) is 1.93. The van der Waals surface area contributed by atoms with Crippen LogP contribution in [0.15, 0.2) is 0 Å². The highest BCUT2D eigenvalue weighted by Gasteiger charge is 2.72. The third kappa shape index (κ3) is 0.916. The Bertz CT molecular complexity index is 227. The lowest BCUT2D eigenvalue weighted by Gasteiger charge is -2.32. The summed E-state index contributed by atoms with van der Waals surface area (Å²) in [6, 6.07) is 0. The first-order chi connectivity index (χ1) is 5.15. The fraction of sp³-hybridized carbons (Fsp3) is 0.889. The van der Waals surface area contributed by atoms with Crippen molar-refractivity contribution in [2.24, 2.45) is 5.41 Å². The summed E-state index contributed by atoms with van der Waals surface area (Å²) in [6.45, 7) is 9.89. The van der Waals surface area contributed by atoms with Crippen molar-refractivity contribution in [2.45, 2.75) is 45.2 Å². The van der Waals surface area contributed by atoms with E-state index in [0.29, 0.717) is 0 Å². The molecule has 12 heavy (non-hydrogen) atoms. The van der Waals surface area contributed by atoms with Crippen molar-refractivity contribution >= 4 is 13.2 Å². The minimum Gasteiger partial charge on any atom is -0.481 e. The maximum absolute atomic E-state index is 11.1. The third-order valence-electron chi connectivity index (χ3n) is 3.03. The van der Waals surface area contributed by atoms with Gasteiger partial charge in [-0.3, -0.25) is 4.79 Å².